The van der Waals surface area contributed by atoms with E-state index in [-0.39, 0.29) is 0 Å². The van der Waals surface area contributed by atoms with Crippen LogP contribution >= 0.6 is 11.6 Å². The summed E-state index contributed by atoms with van der Waals surface area (Å²) in [5, 5.41) is 7.55. The molecular weight excluding hydrogens is 941 g/mol. The van der Waals surface area contributed by atoms with Crippen molar-refractivity contribution in [3.8, 4) is 0 Å². The van der Waals surface area contributed by atoms with Crippen LogP contribution in [-0.4, -0.2) is 121 Å². The molecule has 0 aromatic heterocycles. The second-order valence-corrected chi connectivity index (χ2v) is 11.7. The highest BCUT2D eigenvalue weighted by molar-refractivity contribution is 6.66. The minimum absolute atomic E-state index is 0.509. The molecule has 0 aliphatic carbocycles. The number of aliphatic hydroxyl groups is 1. The van der Waals surface area contributed by atoms with Crippen molar-refractivity contribution in [1.29, 1.82) is 0 Å². The van der Waals surface area contributed by atoms with Crippen molar-refractivity contribution < 1.29 is 121 Å². The molecule has 0 rings (SSSR count). The van der Waals surface area contributed by atoms with Gasteiger partial charge in [0.25, 0.3) is 17.0 Å². The predicted molar refractivity (Wildman–Crippen MR) is 179 cm³/mol. The summed E-state index contributed by atoms with van der Waals surface area (Å²) in [7, 11) is 0. The van der Waals surface area contributed by atoms with E-state index in [0.29, 0.717) is 12.2 Å². The summed E-state index contributed by atoms with van der Waals surface area (Å²) in [5.41, 5.74) is -15.8. The maximum Gasteiger partial charge on any atom is 0.431 e. The zero-order chi connectivity index (χ0) is 50.8. The monoisotopic (exact) mass is 983 g/mol. The van der Waals surface area contributed by atoms with E-state index in [1.165, 1.54) is 19.6 Å². The summed E-state index contributed by atoms with van der Waals surface area (Å²) >= 11 is 4.71. The van der Waals surface area contributed by atoms with Crippen LogP contribution in [0.25, 0.3) is 0 Å². The average Bonchev–Trinajstić information content (AvgIpc) is 3.12. The zero-order valence-electron chi connectivity index (χ0n) is 32.6. The van der Waals surface area contributed by atoms with Crippen LogP contribution in [0.2, 0.25) is 0 Å². The Balaban J connectivity index is -0.000000232. The number of halogens is 22. The molecule has 62 heavy (non-hydrogen) atoms. The van der Waals surface area contributed by atoms with Crippen molar-refractivity contribution >= 4 is 28.8 Å². The number of allylic oxidation sites excluding steroid dienone is 1. The zero-order valence-corrected chi connectivity index (χ0v) is 33.3. The predicted octanol–water partition coefficient (Wildman–Crippen LogP) is 11.5. The molecule has 0 saturated carbocycles. The van der Waals surface area contributed by atoms with Crippen LogP contribution in [0.1, 0.15) is 59.3 Å². The van der Waals surface area contributed by atoms with Gasteiger partial charge in [0.15, 0.2) is 0 Å². The van der Waals surface area contributed by atoms with Gasteiger partial charge in [-0.1, -0.05) is 40.5 Å². The summed E-state index contributed by atoms with van der Waals surface area (Å²) in [6.07, 6.45) is -42.2. The lowest BCUT2D eigenvalue weighted by atomic mass is 9.98. The SMILES string of the molecule is C=CC(=O)Cl.C=CC(=O)OCCCC(F)(C(F)(F)F)C(F)(F)F.C=CC(=O)OCCCC(F)(C(F)(F)F)C(F)(F)F.CCN(CC)CC.OCCCC(F)(C(F)(F)F)C(F)(F)F. The second-order valence-electron chi connectivity index (χ2n) is 11.3. The number of hydrogen-bond donors (Lipinski definition) is 1. The normalized spacial score (nSPS) is 12.7. The van der Waals surface area contributed by atoms with Crippen molar-refractivity contribution in [3.63, 3.8) is 0 Å². The van der Waals surface area contributed by atoms with Crippen LogP contribution < -0.4 is 0 Å². The Morgan fingerprint density at radius 3 is 0.823 bits per heavy atom. The van der Waals surface area contributed by atoms with Gasteiger partial charge in [0.05, 0.1) is 13.2 Å². The van der Waals surface area contributed by atoms with Gasteiger partial charge >= 0.3 is 49.0 Å². The topological polar surface area (TPSA) is 93.1 Å². The number of alkyl halides is 21. The van der Waals surface area contributed by atoms with Crippen LogP contribution in [-0.2, 0) is 23.9 Å². The number of carbonyl (C=O) groups excluding carboxylic acids is 3. The fraction of sp³-hybridized carbons (Fsp3) is 0.727. The molecule has 0 aromatic carbocycles. The number of ether oxygens (including phenoxy) is 2. The molecule has 7 nitrogen and oxygen atoms in total. The first kappa shape index (κ1) is 67.6. The van der Waals surface area contributed by atoms with Gasteiger partial charge in [-0.15, -0.1) is 0 Å². The number of hydrogen-bond acceptors (Lipinski definition) is 7. The molecule has 0 aliphatic rings. The first-order valence-corrected chi connectivity index (χ1v) is 17.2. The van der Waals surface area contributed by atoms with Gasteiger partial charge in [-0.3, -0.25) is 4.79 Å². The van der Waals surface area contributed by atoms with Gasteiger partial charge < -0.3 is 19.5 Å². The third-order valence-electron chi connectivity index (χ3n) is 7.03. The Hall–Kier alpha value is -3.43. The van der Waals surface area contributed by atoms with Gasteiger partial charge in [-0.25, -0.2) is 22.8 Å². The van der Waals surface area contributed by atoms with Crippen molar-refractivity contribution in [2.45, 2.75) is 113 Å². The van der Waals surface area contributed by atoms with Gasteiger partial charge in [0.2, 0.25) is 5.24 Å². The third-order valence-corrected chi connectivity index (χ3v) is 7.18. The minimum atomic E-state index is -6.08. The van der Waals surface area contributed by atoms with E-state index < -0.39 is 130 Å². The van der Waals surface area contributed by atoms with Gasteiger partial charge in [-0.05, 0) is 56.6 Å². The van der Waals surface area contributed by atoms with Crippen molar-refractivity contribution in [2.75, 3.05) is 39.5 Å². The van der Waals surface area contributed by atoms with E-state index in [2.05, 4.69) is 54.9 Å². The largest absolute Gasteiger partial charge is 0.463 e. The molecule has 0 radical (unpaired) electrons. The Morgan fingerprint density at radius 2 is 0.694 bits per heavy atom. The maximum atomic E-state index is 13.0. The minimum Gasteiger partial charge on any atom is -0.463 e. The van der Waals surface area contributed by atoms with E-state index in [0.717, 1.165) is 6.08 Å². The van der Waals surface area contributed by atoms with Gasteiger partial charge in [0.1, 0.15) is 0 Å². The highest BCUT2D eigenvalue weighted by Gasteiger charge is 2.73. The van der Waals surface area contributed by atoms with Crippen LogP contribution in [0.5, 0.6) is 0 Å². The summed E-state index contributed by atoms with van der Waals surface area (Å²) < 4.78 is 262. The standard InChI is InChI=1S/2C9H9F7O2.C6H7F7O.C6H15N.C3H3ClO/c2*1-2-6(17)18-5-3-4-7(10,8(11,12)13)9(14,15)16;7-4(2-1-3-14,5(8,9)10)6(11,12)13;1-4-7(5-2)6-3;1-2-3(4)5/h2*2H,1,3-5H2;14H,1-3H2;4-6H2,1-3H3;2H,1H2. The van der Waals surface area contributed by atoms with E-state index >= 15 is 0 Å². The molecule has 370 valence electrons. The van der Waals surface area contributed by atoms with E-state index in [9.17, 15) is 107 Å². The summed E-state index contributed by atoms with van der Waals surface area (Å²) in [5.74, 6) is -2.03. The third kappa shape index (κ3) is 25.0. The summed E-state index contributed by atoms with van der Waals surface area (Å²) in [4.78, 5) is 32.7. The van der Waals surface area contributed by atoms with E-state index in [4.69, 9.17) is 16.7 Å². The Morgan fingerprint density at radius 1 is 0.484 bits per heavy atom. The van der Waals surface area contributed by atoms with Gasteiger partial charge in [-0.2, -0.15) is 79.0 Å². The average molecular weight is 984 g/mol. The molecule has 0 heterocycles. The number of carbonyl (C=O) groups is 3. The molecule has 0 bridgehead atoms. The molecule has 0 amide bonds. The number of rotatable bonds is 17. The highest BCUT2D eigenvalue weighted by atomic mass is 35.5. The van der Waals surface area contributed by atoms with Crippen LogP contribution in [0, 0.1) is 0 Å². The van der Waals surface area contributed by atoms with Crippen molar-refractivity contribution in [2.24, 2.45) is 0 Å². The molecule has 0 saturated heterocycles. The smallest absolute Gasteiger partial charge is 0.431 e. The number of aliphatic hydroxyl groups excluding tert-OH is 1. The molecular formula is C33H43ClF21NO6. The summed E-state index contributed by atoms with van der Waals surface area (Å²) in [6, 6.07) is 0. The number of esters is 2. The number of nitrogens with zero attached hydrogens (tertiary/aromatic N) is 1. The van der Waals surface area contributed by atoms with Crippen molar-refractivity contribution in [3.05, 3.63) is 38.0 Å². The van der Waals surface area contributed by atoms with Gasteiger partial charge in [0, 0.05) is 38.0 Å². The first-order valence-electron chi connectivity index (χ1n) is 16.8. The van der Waals surface area contributed by atoms with E-state index in [1.807, 2.05) is 0 Å². The maximum absolute atomic E-state index is 13.0. The second kappa shape index (κ2) is 29.1. The quantitative estimate of drug-likeness (QED) is 0.0510. The molecule has 0 spiro atoms. The highest BCUT2D eigenvalue weighted by Crippen LogP contribution is 2.51. The lowest BCUT2D eigenvalue weighted by Crippen LogP contribution is -2.53. The molecule has 1 N–H and O–H groups in total. The van der Waals surface area contributed by atoms with Crippen LogP contribution in [0.3, 0.4) is 0 Å². The summed E-state index contributed by atoms with van der Waals surface area (Å²) in [6.45, 7) is 16.7. The molecule has 0 aliphatic heterocycles. The lowest BCUT2D eigenvalue weighted by Gasteiger charge is -2.29. The van der Waals surface area contributed by atoms with E-state index in [1.54, 1.807) is 0 Å². The molecule has 0 aromatic rings. The Labute approximate surface area is 345 Å². The van der Waals surface area contributed by atoms with Crippen LogP contribution in [0.4, 0.5) is 92.2 Å². The first-order chi connectivity index (χ1) is 27.6. The molecule has 0 fully saturated rings. The fourth-order valence-electron chi connectivity index (χ4n) is 3.42. The van der Waals surface area contributed by atoms with Crippen LogP contribution in [0.15, 0.2) is 38.0 Å². The van der Waals surface area contributed by atoms with Crippen molar-refractivity contribution in [1.82, 2.24) is 4.90 Å². The lowest BCUT2D eigenvalue weighted by molar-refractivity contribution is -0.344. The molecule has 29 heteroatoms. The Bertz CT molecular complexity index is 1200. The fourth-order valence-corrected chi connectivity index (χ4v) is 3.42. The Kier molecular flexibility index (Phi) is 31.7. The molecule has 0 atom stereocenters. The molecule has 0 unspecified atom stereocenters.